The molecule has 1 rings (SSSR count). The van der Waals surface area contributed by atoms with E-state index in [0.29, 0.717) is 0 Å². The lowest BCUT2D eigenvalue weighted by Crippen LogP contribution is -2.59. The van der Waals surface area contributed by atoms with Crippen LogP contribution in [-0.4, -0.2) is 28.3 Å². The minimum Gasteiger partial charge on any atom is -0.604 e. The average molecular weight is 553 g/mol. The highest BCUT2D eigenvalue weighted by Crippen LogP contribution is 2.58. The van der Waals surface area contributed by atoms with Crippen molar-refractivity contribution in [3.8, 4) is 0 Å². The number of nitrogen functional groups attached to an aromatic ring is 1. The molecule has 0 aromatic heterocycles. The molecule has 0 radical (unpaired) electrons. The molecule has 2 N–H and O–H groups in total. The lowest BCUT2D eigenvalue weighted by Gasteiger charge is -2.36. The van der Waals surface area contributed by atoms with Gasteiger partial charge in [0, 0.05) is 15.2 Å². The molecular weight excluding hydrogens is 549 g/mol. The van der Waals surface area contributed by atoms with Gasteiger partial charge in [-0.05, 0) is 28.7 Å². The first kappa shape index (κ1) is 24.3. The van der Waals surface area contributed by atoms with Crippen LogP contribution in [-0.2, 0) is 16.8 Å². The van der Waals surface area contributed by atoms with Crippen molar-refractivity contribution in [3.05, 3.63) is 21.3 Å². The summed E-state index contributed by atoms with van der Waals surface area (Å²) >= 11 is -3.36. The van der Waals surface area contributed by atoms with Crippen molar-refractivity contribution in [2.45, 2.75) is 34.3 Å². The maximum atomic E-state index is 14.3. The Hall–Kier alpha value is -0.780. The molecule has 2 nitrogen and oxygen atoms in total. The zero-order valence-corrected chi connectivity index (χ0v) is 14.9. The second-order valence-corrected chi connectivity index (χ2v) is 7.42. The predicted octanol–water partition coefficient (Wildman–Crippen LogP) is 5.43. The molecule has 16 heteroatoms. The average Bonchev–Trinajstić information content (AvgIpc) is 2.44. The first-order valence-corrected chi connectivity index (χ1v) is 8.20. The molecular formula is C11H4F12INOS. The van der Waals surface area contributed by atoms with Crippen LogP contribution in [0.25, 0.3) is 0 Å². The molecule has 0 saturated heterocycles. The Bertz CT molecular complexity index is 715. The summed E-state index contributed by atoms with van der Waals surface area (Å²) in [5.41, 5.74) is -10.7. The molecule has 0 bridgehead atoms. The molecule has 0 spiro atoms. The number of hydrogen-bond donors (Lipinski definition) is 1. The number of hydrogen-bond acceptors (Lipinski definition) is 2. The zero-order valence-electron chi connectivity index (χ0n) is 12.0. The predicted molar refractivity (Wildman–Crippen MR) is 75.9 cm³/mol. The maximum absolute atomic E-state index is 14.3. The third kappa shape index (κ3) is 4.01. The van der Waals surface area contributed by atoms with E-state index in [9.17, 15) is 57.2 Å². The maximum Gasteiger partial charge on any atom is 0.578 e. The number of halogens is 13. The van der Waals surface area contributed by atoms with Gasteiger partial charge in [-0.2, -0.15) is 35.1 Å². The van der Waals surface area contributed by atoms with E-state index < -0.39 is 66.4 Å². The molecule has 0 aliphatic heterocycles. The van der Waals surface area contributed by atoms with Gasteiger partial charge in [-0.3, -0.25) is 0 Å². The standard InChI is InChI=1S/C11H4F12INOS/c12-7(9(15,16)17,8(13,14)10(18,19)20)3-1-4(24)6(25)5(2-3)27(26)11(21,22)23/h1-2H,25H2. The molecule has 0 aliphatic rings. The third-order valence-electron chi connectivity index (χ3n) is 3.08. The van der Waals surface area contributed by atoms with Crippen molar-refractivity contribution >= 4 is 39.5 Å². The Morgan fingerprint density at radius 2 is 1.26 bits per heavy atom. The minimum absolute atomic E-state index is 0.236. The van der Waals surface area contributed by atoms with E-state index in [1.165, 1.54) is 0 Å². The number of nitrogens with two attached hydrogens (primary N) is 1. The molecule has 0 fully saturated rings. The Labute approximate surface area is 158 Å². The Balaban J connectivity index is 3.90. The summed E-state index contributed by atoms with van der Waals surface area (Å²) in [6, 6.07) is -0.908. The fourth-order valence-corrected chi connectivity index (χ4v) is 3.39. The van der Waals surface area contributed by atoms with Gasteiger partial charge in [-0.15, -0.1) is 13.2 Å². The fourth-order valence-electron chi connectivity index (χ4n) is 1.79. The van der Waals surface area contributed by atoms with E-state index in [1.54, 1.807) is 0 Å². The zero-order chi connectivity index (χ0) is 21.8. The second-order valence-electron chi connectivity index (χ2n) is 4.81. The Kier molecular flexibility index (Phi) is 6.22. The van der Waals surface area contributed by atoms with E-state index in [2.05, 4.69) is 0 Å². The molecule has 27 heavy (non-hydrogen) atoms. The topological polar surface area (TPSA) is 49.1 Å². The van der Waals surface area contributed by atoms with Crippen molar-refractivity contribution in [1.29, 1.82) is 0 Å². The van der Waals surface area contributed by atoms with E-state index in [0.717, 1.165) is 22.6 Å². The summed E-state index contributed by atoms with van der Waals surface area (Å²) in [7, 11) is 0. The highest BCUT2D eigenvalue weighted by Gasteiger charge is 2.82. The smallest absolute Gasteiger partial charge is 0.578 e. The summed E-state index contributed by atoms with van der Waals surface area (Å²) in [5, 5.41) is 0. The first-order chi connectivity index (χ1) is 11.7. The van der Waals surface area contributed by atoms with Gasteiger partial charge in [0.2, 0.25) is 0 Å². The monoisotopic (exact) mass is 553 g/mol. The van der Waals surface area contributed by atoms with E-state index in [-0.39, 0.29) is 6.07 Å². The molecule has 0 amide bonds. The molecule has 0 heterocycles. The van der Waals surface area contributed by atoms with E-state index in [4.69, 9.17) is 5.73 Å². The summed E-state index contributed by atoms with van der Waals surface area (Å²) in [6.07, 6.45) is -14.0. The second kappa shape index (κ2) is 6.93. The lowest BCUT2D eigenvalue weighted by molar-refractivity contribution is -0.389. The molecule has 156 valence electrons. The first-order valence-electron chi connectivity index (χ1n) is 5.98. The van der Waals surface area contributed by atoms with Crippen LogP contribution in [0.1, 0.15) is 5.56 Å². The Morgan fingerprint density at radius 3 is 1.59 bits per heavy atom. The van der Waals surface area contributed by atoms with Gasteiger partial charge in [0.05, 0.1) is 0 Å². The largest absolute Gasteiger partial charge is 0.604 e. The molecule has 0 aliphatic carbocycles. The number of benzene rings is 1. The van der Waals surface area contributed by atoms with Gasteiger partial charge in [0.25, 0.3) is 0 Å². The highest BCUT2D eigenvalue weighted by atomic mass is 127. The summed E-state index contributed by atoms with van der Waals surface area (Å²) in [6.45, 7) is 0. The lowest BCUT2D eigenvalue weighted by atomic mass is 9.87. The normalized spacial score (nSPS) is 17.6. The third-order valence-corrected chi connectivity index (χ3v) is 5.13. The van der Waals surface area contributed by atoms with Crippen molar-refractivity contribution in [2.75, 3.05) is 5.73 Å². The van der Waals surface area contributed by atoms with Gasteiger partial charge in [-0.25, -0.2) is 4.39 Å². The number of anilines is 1. The quantitative estimate of drug-likeness (QED) is 0.235. The number of alkyl halides is 12. The van der Waals surface area contributed by atoms with Crippen LogP contribution >= 0.6 is 22.6 Å². The van der Waals surface area contributed by atoms with E-state index >= 15 is 0 Å². The van der Waals surface area contributed by atoms with Crippen LogP contribution in [0.15, 0.2) is 17.0 Å². The van der Waals surface area contributed by atoms with Gasteiger partial charge in [0.15, 0.2) is 4.90 Å². The molecule has 0 saturated carbocycles. The van der Waals surface area contributed by atoms with Crippen molar-refractivity contribution in [3.63, 3.8) is 0 Å². The van der Waals surface area contributed by atoms with Crippen LogP contribution < -0.4 is 5.73 Å². The fraction of sp³-hybridized carbons (Fsp3) is 0.455. The van der Waals surface area contributed by atoms with Crippen molar-refractivity contribution in [2.24, 2.45) is 0 Å². The van der Waals surface area contributed by atoms with E-state index in [1.807, 2.05) is 0 Å². The van der Waals surface area contributed by atoms with Crippen LogP contribution in [0.3, 0.4) is 0 Å². The summed E-state index contributed by atoms with van der Waals surface area (Å²) in [4.78, 5) is -1.80. The van der Waals surface area contributed by atoms with Crippen molar-refractivity contribution in [1.82, 2.24) is 0 Å². The molecule has 2 atom stereocenters. The van der Waals surface area contributed by atoms with Crippen LogP contribution in [0.2, 0.25) is 0 Å². The van der Waals surface area contributed by atoms with Crippen molar-refractivity contribution < 1.29 is 57.2 Å². The minimum atomic E-state index is -7.09. The van der Waals surface area contributed by atoms with Gasteiger partial charge < -0.3 is 10.3 Å². The van der Waals surface area contributed by atoms with Crippen LogP contribution in [0.5, 0.6) is 0 Å². The molecule has 1 aromatic rings. The van der Waals surface area contributed by atoms with Crippen LogP contribution in [0.4, 0.5) is 58.4 Å². The SMILES string of the molecule is Nc1c(I)cc(C(F)(C(F)(F)F)C(F)(F)C(F)(F)F)cc1[S+]([O-])C(F)(F)F. The summed E-state index contributed by atoms with van der Waals surface area (Å²) in [5.74, 6) is -7.09. The van der Waals surface area contributed by atoms with Gasteiger partial charge in [-0.1, -0.05) is 0 Å². The van der Waals surface area contributed by atoms with Gasteiger partial charge >= 0.3 is 29.5 Å². The van der Waals surface area contributed by atoms with Gasteiger partial charge in [0.1, 0.15) is 16.9 Å². The molecule has 2 unspecified atom stereocenters. The Morgan fingerprint density at radius 1 is 0.815 bits per heavy atom. The number of rotatable bonds is 3. The molecule has 1 aromatic carbocycles. The highest BCUT2D eigenvalue weighted by molar-refractivity contribution is 14.1. The van der Waals surface area contributed by atoms with Crippen LogP contribution in [0, 0.1) is 3.57 Å². The summed E-state index contributed by atoms with van der Waals surface area (Å²) < 4.78 is 165.